The molecule has 0 spiro atoms. The lowest BCUT2D eigenvalue weighted by molar-refractivity contribution is 0.589. The van der Waals surface area contributed by atoms with Crippen LogP contribution in [-0.2, 0) is 6.54 Å². The summed E-state index contributed by atoms with van der Waals surface area (Å²) >= 11 is 0. The minimum atomic E-state index is -0.654. The number of nitrogens with zero attached hydrogens (tertiary/aromatic N) is 2. The van der Waals surface area contributed by atoms with Gasteiger partial charge in [0.2, 0.25) is 0 Å². The number of anilines is 1. The third-order valence-corrected chi connectivity index (χ3v) is 2.54. The molecule has 1 aromatic carbocycles. The number of benzene rings is 1. The van der Waals surface area contributed by atoms with Gasteiger partial charge in [-0.15, -0.1) is 0 Å². The van der Waals surface area contributed by atoms with Crippen molar-refractivity contribution in [1.29, 1.82) is 0 Å². The predicted octanol–water partition coefficient (Wildman–Crippen LogP) is 2.82. The van der Waals surface area contributed by atoms with Crippen LogP contribution in [0, 0.1) is 11.6 Å². The number of hydrogen-bond acceptors (Lipinski definition) is 2. The summed E-state index contributed by atoms with van der Waals surface area (Å²) in [6.45, 7) is 2.66. The van der Waals surface area contributed by atoms with Crippen LogP contribution in [0.5, 0.6) is 0 Å². The molecule has 0 bridgehead atoms. The molecule has 1 heterocycles. The Kier molecular flexibility index (Phi) is 3.08. The van der Waals surface area contributed by atoms with Crippen LogP contribution in [-0.4, -0.2) is 9.55 Å². The molecule has 0 aliphatic heterocycles. The monoisotopic (exact) mass is 237 g/mol. The maximum absolute atomic E-state index is 13.6. The first-order valence-electron chi connectivity index (χ1n) is 5.40. The van der Waals surface area contributed by atoms with E-state index in [1.165, 1.54) is 24.5 Å². The van der Waals surface area contributed by atoms with Gasteiger partial charge in [0.15, 0.2) is 0 Å². The van der Waals surface area contributed by atoms with Crippen LogP contribution in [0.15, 0.2) is 24.5 Å². The normalized spacial score (nSPS) is 10.8. The molecule has 90 valence electrons. The highest BCUT2D eigenvalue weighted by atomic mass is 19.1. The molecule has 0 saturated carbocycles. The largest absolute Gasteiger partial charge is 0.383 e. The molecule has 2 aromatic rings. The molecule has 2 N–H and O–H groups in total. The van der Waals surface area contributed by atoms with Gasteiger partial charge in [0, 0.05) is 6.54 Å². The summed E-state index contributed by atoms with van der Waals surface area (Å²) in [5.41, 5.74) is 5.82. The summed E-state index contributed by atoms with van der Waals surface area (Å²) in [5.74, 6) is -1.02. The number of imidazole rings is 1. The molecule has 0 radical (unpaired) electrons. The lowest BCUT2D eigenvalue weighted by Gasteiger charge is -2.05. The summed E-state index contributed by atoms with van der Waals surface area (Å²) in [4.78, 5) is 3.98. The quantitative estimate of drug-likeness (QED) is 0.892. The van der Waals surface area contributed by atoms with E-state index >= 15 is 0 Å². The first-order valence-corrected chi connectivity index (χ1v) is 5.40. The van der Waals surface area contributed by atoms with Gasteiger partial charge in [-0.25, -0.2) is 13.8 Å². The van der Waals surface area contributed by atoms with Crippen molar-refractivity contribution in [3.8, 4) is 11.3 Å². The summed E-state index contributed by atoms with van der Waals surface area (Å²) in [7, 11) is 0. The van der Waals surface area contributed by atoms with Crippen LogP contribution in [0.1, 0.15) is 13.3 Å². The highest BCUT2D eigenvalue weighted by Crippen LogP contribution is 2.29. The topological polar surface area (TPSA) is 43.8 Å². The summed E-state index contributed by atoms with van der Waals surface area (Å²) in [6.07, 6.45) is 2.37. The molecule has 0 fully saturated rings. The smallest absolute Gasteiger partial charge is 0.135 e. The fourth-order valence-corrected chi connectivity index (χ4v) is 1.73. The number of halogens is 2. The molecule has 0 aliphatic carbocycles. The van der Waals surface area contributed by atoms with E-state index in [2.05, 4.69) is 4.98 Å². The van der Waals surface area contributed by atoms with E-state index < -0.39 is 11.6 Å². The number of hydrogen-bond donors (Lipinski definition) is 1. The Balaban J connectivity index is 2.54. The molecule has 0 unspecified atom stereocenters. The minimum absolute atomic E-state index is 0.161. The molecule has 0 amide bonds. The maximum atomic E-state index is 13.6. The van der Waals surface area contributed by atoms with Crippen molar-refractivity contribution in [1.82, 2.24) is 9.55 Å². The number of rotatable bonds is 3. The zero-order valence-electron chi connectivity index (χ0n) is 9.45. The standard InChI is InChI=1S/C12H13F2N3/c1-2-6-17-7-16-11(12(17)15)10-8(13)4-3-5-9(10)14/h3-5,7H,2,6,15H2,1H3. The third kappa shape index (κ3) is 2.00. The second-order valence-corrected chi connectivity index (χ2v) is 3.77. The van der Waals surface area contributed by atoms with Gasteiger partial charge >= 0.3 is 0 Å². The van der Waals surface area contributed by atoms with Crippen molar-refractivity contribution in [2.75, 3.05) is 5.73 Å². The fraction of sp³-hybridized carbons (Fsp3) is 0.250. The highest BCUT2D eigenvalue weighted by Gasteiger charge is 2.17. The van der Waals surface area contributed by atoms with E-state index in [0.29, 0.717) is 6.54 Å². The van der Waals surface area contributed by atoms with Crippen molar-refractivity contribution in [2.45, 2.75) is 19.9 Å². The van der Waals surface area contributed by atoms with Gasteiger partial charge in [0.05, 0.1) is 11.9 Å². The molecule has 0 aliphatic rings. The summed E-state index contributed by atoms with van der Waals surface area (Å²) in [6, 6.07) is 3.70. The predicted molar refractivity (Wildman–Crippen MR) is 62.3 cm³/mol. The SMILES string of the molecule is CCCn1cnc(-c2c(F)cccc2F)c1N. The first kappa shape index (κ1) is 11.6. The highest BCUT2D eigenvalue weighted by molar-refractivity contribution is 5.71. The van der Waals surface area contributed by atoms with Gasteiger partial charge in [0.1, 0.15) is 23.1 Å². The lowest BCUT2D eigenvalue weighted by Crippen LogP contribution is -2.02. The van der Waals surface area contributed by atoms with E-state index in [1.54, 1.807) is 4.57 Å². The molecule has 1 aromatic heterocycles. The van der Waals surface area contributed by atoms with E-state index in [0.717, 1.165) is 6.42 Å². The van der Waals surface area contributed by atoms with Crippen LogP contribution in [0.4, 0.5) is 14.6 Å². The Labute approximate surface area is 97.9 Å². The molecule has 0 saturated heterocycles. The van der Waals surface area contributed by atoms with Crippen LogP contribution in [0.25, 0.3) is 11.3 Å². The molecule has 2 rings (SSSR count). The molecule has 0 atom stereocenters. The molecular weight excluding hydrogens is 224 g/mol. The van der Waals surface area contributed by atoms with Crippen LogP contribution < -0.4 is 5.73 Å². The third-order valence-electron chi connectivity index (χ3n) is 2.54. The molecular formula is C12H13F2N3. The van der Waals surface area contributed by atoms with Gasteiger partial charge in [-0.05, 0) is 18.6 Å². The van der Waals surface area contributed by atoms with E-state index in [-0.39, 0.29) is 17.1 Å². The van der Waals surface area contributed by atoms with Gasteiger partial charge in [-0.1, -0.05) is 13.0 Å². The molecule has 5 heteroatoms. The van der Waals surface area contributed by atoms with Gasteiger partial charge in [-0.2, -0.15) is 0 Å². The van der Waals surface area contributed by atoms with E-state index in [1.807, 2.05) is 6.92 Å². The van der Waals surface area contributed by atoms with Crippen LogP contribution in [0.2, 0.25) is 0 Å². The Hall–Kier alpha value is -1.91. The zero-order valence-corrected chi connectivity index (χ0v) is 9.45. The Morgan fingerprint density at radius 2 is 1.94 bits per heavy atom. The van der Waals surface area contributed by atoms with Crippen LogP contribution >= 0.6 is 0 Å². The molecule has 3 nitrogen and oxygen atoms in total. The van der Waals surface area contributed by atoms with Crippen molar-refractivity contribution < 1.29 is 8.78 Å². The summed E-state index contributed by atoms with van der Waals surface area (Å²) < 4.78 is 28.8. The Morgan fingerprint density at radius 3 is 2.53 bits per heavy atom. The average Bonchev–Trinajstić information content (AvgIpc) is 2.62. The number of nitrogen functional groups attached to an aromatic ring is 1. The Morgan fingerprint density at radius 1 is 1.29 bits per heavy atom. The van der Waals surface area contributed by atoms with Crippen molar-refractivity contribution >= 4 is 5.82 Å². The van der Waals surface area contributed by atoms with E-state index in [4.69, 9.17) is 5.73 Å². The van der Waals surface area contributed by atoms with Crippen molar-refractivity contribution in [3.05, 3.63) is 36.2 Å². The van der Waals surface area contributed by atoms with Crippen LogP contribution in [0.3, 0.4) is 0 Å². The zero-order chi connectivity index (χ0) is 12.4. The van der Waals surface area contributed by atoms with E-state index in [9.17, 15) is 8.78 Å². The van der Waals surface area contributed by atoms with Gasteiger partial charge in [-0.3, -0.25) is 0 Å². The number of aryl methyl sites for hydroxylation is 1. The minimum Gasteiger partial charge on any atom is -0.383 e. The van der Waals surface area contributed by atoms with Crippen molar-refractivity contribution in [2.24, 2.45) is 0 Å². The number of aromatic nitrogens is 2. The summed E-state index contributed by atoms with van der Waals surface area (Å²) in [5, 5.41) is 0. The fourth-order valence-electron chi connectivity index (χ4n) is 1.73. The second-order valence-electron chi connectivity index (χ2n) is 3.77. The average molecular weight is 237 g/mol. The van der Waals surface area contributed by atoms with Crippen molar-refractivity contribution in [3.63, 3.8) is 0 Å². The number of nitrogens with two attached hydrogens (primary N) is 1. The lowest BCUT2D eigenvalue weighted by atomic mass is 10.1. The van der Waals surface area contributed by atoms with Gasteiger partial charge in [0.25, 0.3) is 0 Å². The second kappa shape index (κ2) is 4.53. The van der Waals surface area contributed by atoms with Gasteiger partial charge < -0.3 is 10.3 Å². The maximum Gasteiger partial charge on any atom is 0.135 e. The first-order chi connectivity index (χ1) is 8.15. The Bertz CT molecular complexity index is 514. The molecule has 17 heavy (non-hydrogen) atoms.